The highest BCUT2D eigenvalue weighted by atomic mass is 79.9. The van der Waals surface area contributed by atoms with Crippen molar-refractivity contribution in [3.8, 4) is 17.2 Å². The molecule has 0 amide bonds. The zero-order valence-corrected chi connectivity index (χ0v) is 17.6. The van der Waals surface area contributed by atoms with Gasteiger partial charge < -0.3 is 19.9 Å². The molecule has 28 heavy (non-hydrogen) atoms. The van der Waals surface area contributed by atoms with Crippen LogP contribution in [0, 0.1) is 5.92 Å². The minimum Gasteiger partial charge on any atom is -0.507 e. The SMILES string of the molecule is COc1cc(OC)c(C(=O)/C=C/c2cccc(Br)c2)c(O)c1CC1CCNC1. The first-order valence-corrected chi connectivity index (χ1v) is 9.98. The molecule has 0 aliphatic carbocycles. The van der Waals surface area contributed by atoms with Crippen LogP contribution < -0.4 is 14.8 Å². The molecule has 1 fully saturated rings. The number of aromatic hydroxyl groups is 1. The highest BCUT2D eigenvalue weighted by Crippen LogP contribution is 2.40. The van der Waals surface area contributed by atoms with E-state index in [4.69, 9.17) is 9.47 Å². The number of nitrogens with one attached hydrogen (secondary N) is 1. The predicted octanol–water partition coefficient (Wildman–Crippen LogP) is 4.22. The fourth-order valence-electron chi connectivity index (χ4n) is 3.48. The second-order valence-corrected chi connectivity index (χ2v) is 7.71. The molecule has 1 aliphatic rings. The Hall–Kier alpha value is -2.31. The first-order valence-electron chi connectivity index (χ1n) is 9.19. The maximum absolute atomic E-state index is 12.9. The van der Waals surface area contributed by atoms with E-state index in [1.165, 1.54) is 13.2 Å². The van der Waals surface area contributed by atoms with Crippen molar-refractivity contribution in [3.63, 3.8) is 0 Å². The van der Waals surface area contributed by atoms with Gasteiger partial charge in [-0.05, 0) is 55.6 Å². The Bertz CT molecular complexity index is 888. The predicted molar refractivity (Wildman–Crippen MR) is 113 cm³/mol. The summed E-state index contributed by atoms with van der Waals surface area (Å²) in [6, 6.07) is 9.30. The lowest BCUT2D eigenvalue weighted by Crippen LogP contribution is -2.12. The van der Waals surface area contributed by atoms with Gasteiger partial charge in [-0.1, -0.05) is 34.1 Å². The van der Waals surface area contributed by atoms with Crippen LogP contribution in [-0.2, 0) is 6.42 Å². The van der Waals surface area contributed by atoms with Gasteiger partial charge in [0, 0.05) is 16.1 Å². The Balaban J connectivity index is 1.96. The summed E-state index contributed by atoms with van der Waals surface area (Å²) in [5.74, 6) is 0.850. The Morgan fingerprint density at radius 3 is 2.71 bits per heavy atom. The van der Waals surface area contributed by atoms with Crippen molar-refractivity contribution in [3.05, 3.63) is 57.6 Å². The molecule has 2 N–H and O–H groups in total. The van der Waals surface area contributed by atoms with Crippen LogP contribution in [-0.4, -0.2) is 38.2 Å². The molecule has 2 aromatic rings. The average Bonchev–Trinajstić information content (AvgIpc) is 3.20. The molecule has 2 aromatic carbocycles. The standard InChI is InChI=1S/C22H24BrNO4/c1-27-19-12-20(28-2)21(22(26)17(19)11-15-8-9-24-13-15)18(25)7-6-14-4-3-5-16(23)10-14/h3-7,10,12,15,24,26H,8-9,11,13H2,1-2H3/b7-6+. The van der Waals surface area contributed by atoms with Crippen LogP contribution in [0.25, 0.3) is 6.08 Å². The van der Waals surface area contributed by atoms with Crippen LogP contribution in [0.4, 0.5) is 0 Å². The van der Waals surface area contributed by atoms with Crippen molar-refractivity contribution in [2.75, 3.05) is 27.3 Å². The summed E-state index contributed by atoms with van der Waals surface area (Å²) in [5.41, 5.74) is 1.69. The molecule has 0 saturated carbocycles. The van der Waals surface area contributed by atoms with E-state index in [1.807, 2.05) is 24.3 Å². The van der Waals surface area contributed by atoms with Crippen LogP contribution in [0.3, 0.4) is 0 Å². The Labute approximate surface area is 173 Å². The molecule has 148 valence electrons. The number of carbonyl (C=O) groups is 1. The quantitative estimate of drug-likeness (QED) is 0.493. The number of ketones is 1. The zero-order valence-electron chi connectivity index (χ0n) is 16.0. The first-order chi connectivity index (χ1) is 13.5. The lowest BCUT2D eigenvalue weighted by molar-refractivity contribution is 0.104. The number of rotatable bonds is 7. The van der Waals surface area contributed by atoms with Crippen LogP contribution in [0.5, 0.6) is 17.2 Å². The van der Waals surface area contributed by atoms with Gasteiger partial charge >= 0.3 is 0 Å². The molecule has 0 spiro atoms. The van der Waals surface area contributed by atoms with Gasteiger partial charge in [-0.2, -0.15) is 0 Å². The molecule has 3 rings (SSSR count). The summed E-state index contributed by atoms with van der Waals surface area (Å²) in [6.45, 7) is 1.85. The zero-order chi connectivity index (χ0) is 20.1. The van der Waals surface area contributed by atoms with Crippen LogP contribution >= 0.6 is 15.9 Å². The molecule has 5 nitrogen and oxygen atoms in total. The fraction of sp³-hybridized carbons (Fsp3) is 0.318. The summed E-state index contributed by atoms with van der Waals surface area (Å²) in [6.07, 6.45) is 4.84. The summed E-state index contributed by atoms with van der Waals surface area (Å²) in [7, 11) is 3.03. The fourth-order valence-corrected chi connectivity index (χ4v) is 3.90. The van der Waals surface area contributed by atoms with Gasteiger partial charge in [0.1, 0.15) is 22.8 Å². The molecule has 0 aromatic heterocycles. The summed E-state index contributed by atoms with van der Waals surface area (Å²) in [5, 5.41) is 14.3. The number of halogens is 1. The van der Waals surface area contributed by atoms with Crippen molar-refractivity contribution >= 4 is 27.8 Å². The number of hydrogen-bond acceptors (Lipinski definition) is 5. The summed E-state index contributed by atoms with van der Waals surface area (Å²) in [4.78, 5) is 12.9. The minimum absolute atomic E-state index is 0.0630. The maximum Gasteiger partial charge on any atom is 0.193 e. The molecule has 0 radical (unpaired) electrons. The smallest absolute Gasteiger partial charge is 0.193 e. The van der Waals surface area contributed by atoms with E-state index in [-0.39, 0.29) is 17.1 Å². The van der Waals surface area contributed by atoms with Crippen LogP contribution in [0.2, 0.25) is 0 Å². The van der Waals surface area contributed by atoms with E-state index in [1.54, 1.807) is 19.3 Å². The molecular weight excluding hydrogens is 422 g/mol. The summed E-state index contributed by atoms with van der Waals surface area (Å²) < 4.78 is 11.8. The minimum atomic E-state index is -0.317. The molecule has 1 saturated heterocycles. The molecule has 1 unspecified atom stereocenters. The number of phenolic OH excluding ortho intramolecular Hbond substituents is 1. The van der Waals surface area contributed by atoms with E-state index >= 15 is 0 Å². The van der Waals surface area contributed by atoms with E-state index in [0.717, 1.165) is 29.5 Å². The monoisotopic (exact) mass is 445 g/mol. The largest absolute Gasteiger partial charge is 0.507 e. The summed E-state index contributed by atoms with van der Waals surface area (Å²) >= 11 is 3.42. The van der Waals surface area contributed by atoms with Crippen molar-refractivity contribution in [2.24, 2.45) is 5.92 Å². The Kier molecular flexibility index (Phi) is 6.75. The van der Waals surface area contributed by atoms with E-state index in [9.17, 15) is 9.90 Å². The lowest BCUT2D eigenvalue weighted by Gasteiger charge is -2.18. The first kappa shape index (κ1) is 20.4. The number of allylic oxidation sites excluding steroid dienone is 1. The maximum atomic E-state index is 12.9. The molecule has 1 heterocycles. The van der Waals surface area contributed by atoms with Gasteiger partial charge in [-0.25, -0.2) is 0 Å². The van der Waals surface area contributed by atoms with Crippen molar-refractivity contribution in [1.82, 2.24) is 5.32 Å². The number of phenols is 1. The molecular formula is C22H24BrNO4. The van der Waals surface area contributed by atoms with Gasteiger partial charge in [-0.3, -0.25) is 4.79 Å². The van der Waals surface area contributed by atoms with Gasteiger partial charge in [0.2, 0.25) is 0 Å². The van der Waals surface area contributed by atoms with E-state index in [0.29, 0.717) is 29.4 Å². The third-order valence-corrected chi connectivity index (χ3v) is 5.44. The average molecular weight is 446 g/mol. The van der Waals surface area contributed by atoms with Crippen molar-refractivity contribution < 1.29 is 19.4 Å². The Morgan fingerprint density at radius 2 is 2.07 bits per heavy atom. The molecule has 1 aliphatic heterocycles. The van der Waals surface area contributed by atoms with Gasteiger partial charge in [0.05, 0.1) is 14.2 Å². The molecule has 0 bridgehead atoms. The van der Waals surface area contributed by atoms with Gasteiger partial charge in [0.15, 0.2) is 5.78 Å². The number of methoxy groups -OCH3 is 2. The van der Waals surface area contributed by atoms with Crippen LogP contribution in [0.1, 0.15) is 27.9 Å². The second kappa shape index (κ2) is 9.26. The topological polar surface area (TPSA) is 67.8 Å². The Morgan fingerprint density at radius 1 is 1.29 bits per heavy atom. The number of carbonyl (C=O) groups excluding carboxylic acids is 1. The third-order valence-electron chi connectivity index (χ3n) is 4.95. The normalized spacial score (nSPS) is 16.5. The lowest BCUT2D eigenvalue weighted by atomic mass is 9.93. The van der Waals surface area contributed by atoms with E-state index < -0.39 is 0 Å². The molecule has 6 heteroatoms. The highest BCUT2D eigenvalue weighted by molar-refractivity contribution is 9.10. The second-order valence-electron chi connectivity index (χ2n) is 6.80. The van der Waals surface area contributed by atoms with Crippen molar-refractivity contribution in [1.29, 1.82) is 0 Å². The third kappa shape index (κ3) is 4.56. The number of ether oxygens (including phenoxy) is 2. The highest BCUT2D eigenvalue weighted by Gasteiger charge is 2.26. The van der Waals surface area contributed by atoms with E-state index in [2.05, 4.69) is 21.2 Å². The molecule has 1 atom stereocenters. The number of hydrogen-bond donors (Lipinski definition) is 2. The van der Waals surface area contributed by atoms with Crippen LogP contribution in [0.15, 0.2) is 40.9 Å². The number of benzene rings is 2. The van der Waals surface area contributed by atoms with Gasteiger partial charge in [-0.15, -0.1) is 0 Å². The van der Waals surface area contributed by atoms with Crippen molar-refractivity contribution in [2.45, 2.75) is 12.8 Å². The van der Waals surface area contributed by atoms with Gasteiger partial charge in [0.25, 0.3) is 0 Å².